The molecule has 0 atom stereocenters. The van der Waals surface area contributed by atoms with Gasteiger partial charge in [-0.1, -0.05) is 30.3 Å². The second-order valence-electron chi connectivity index (χ2n) is 5.23. The monoisotopic (exact) mass is 419 g/mol. The normalized spacial score (nSPS) is 15.0. The molecule has 1 rings (SSSR count). The molecular formula is C14H9F12N. The fourth-order valence-corrected chi connectivity index (χ4v) is 1.68. The van der Waals surface area contributed by atoms with E-state index >= 15 is 0 Å². The summed E-state index contributed by atoms with van der Waals surface area (Å²) in [4.78, 5) is 2.70. The van der Waals surface area contributed by atoms with Crippen molar-refractivity contribution in [2.75, 3.05) is 0 Å². The summed E-state index contributed by atoms with van der Waals surface area (Å²) in [6.07, 6.45) is -6.64. The van der Waals surface area contributed by atoms with Gasteiger partial charge in [-0.3, -0.25) is 4.99 Å². The molecular weight excluding hydrogens is 410 g/mol. The minimum atomic E-state index is -7.54. The van der Waals surface area contributed by atoms with Crippen molar-refractivity contribution in [1.29, 1.82) is 0 Å². The maximum absolute atomic E-state index is 13.4. The van der Waals surface area contributed by atoms with Crippen molar-refractivity contribution in [1.82, 2.24) is 0 Å². The molecule has 0 aliphatic rings. The third kappa shape index (κ3) is 3.86. The molecule has 0 fully saturated rings. The van der Waals surface area contributed by atoms with Crippen LogP contribution in [0.2, 0.25) is 0 Å². The summed E-state index contributed by atoms with van der Waals surface area (Å²) in [5.74, 6) is -35.4. The van der Waals surface area contributed by atoms with Crippen molar-refractivity contribution in [2.24, 2.45) is 4.99 Å². The first-order chi connectivity index (χ1) is 12.0. The van der Waals surface area contributed by atoms with Crippen LogP contribution in [0.15, 0.2) is 35.3 Å². The molecule has 0 saturated carbocycles. The molecule has 0 N–H and O–H groups in total. The smallest absolute Gasteiger partial charge is 0.286 e. The minimum absolute atomic E-state index is 0.134. The maximum Gasteiger partial charge on any atom is 0.385 e. The number of hydrogen-bond acceptors (Lipinski definition) is 1. The van der Waals surface area contributed by atoms with Gasteiger partial charge in [0, 0.05) is 0 Å². The zero-order valence-corrected chi connectivity index (χ0v) is 12.7. The molecule has 0 bridgehead atoms. The van der Waals surface area contributed by atoms with Gasteiger partial charge in [-0.05, 0) is 5.56 Å². The Morgan fingerprint density at radius 1 is 0.741 bits per heavy atom. The fourth-order valence-electron chi connectivity index (χ4n) is 1.68. The van der Waals surface area contributed by atoms with E-state index in [-0.39, 0.29) is 5.56 Å². The van der Waals surface area contributed by atoms with Crippen molar-refractivity contribution in [3.8, 4) is 0 Å². The van der Waals surface area contributed by atoms with E-state index in [4.69, 9.17) is 0 Å². The maximum atomic E-state index is 13.4. The number of rotatable bonds is 8. The van der Waals surface area contributed by atoms with Gasteiger partial charge in [0.25, 0.3) is 0 Å². The molecule has 1 aromatic carbocycles. The average molecular weight is 419 g/mol. The number of alkyl halides is 12. The lowest BCUT2D eigenvalue weighted by molar-refractivity contribution is -0.403. The van der Waals surface area contributed by atoms with Gasteiger partial charge in [-0.25, -0.2) is 8.78 Å². The van der Waals surface area contributed by atoms with Crippen molar-refractivity contribution >= 4 is 6.21 Å². The largest absolute Gasteiger partial charge is 0.385 e. The summed E-state index contributed by atoms with van der Waals surface area (Å²) in [6.45, 7) is -0.762. The lowest BCUT2D eigenvalue weighted by atomic mass is 9.95. The van der Waals surface area contributed by atoms with Crippen LogP contribution < -0.4 is 0 Å². The number of aliphatic imine (C=N–C) groups is 1. The first-order valence-electron chi connectivity index (χ1n) is 6.74. The third-order valence-electron chi connectivity index (χ3n) is 3.27. The predicted molar refractivity (Wildman–Crippen MR) is 69.4 cm³/mol. The Morgan fingerprint density at radius 3 is 1.67 bits per heavy atom. The van der Waals surface area contributed by atoms with Gasteiger partial charge in [-0.15, -0.1) is 0 Å². The van der Waals surface area contributed by atoms with E-state index in [0.29, 0.717) is 0 Å². The van der Waals surface area contributed by atoms with E-state index < -0.39 is 48.8 Å². The highest BCUT2D eigenvalue weighted by Crippen LogP contribution is 2.57. The molecule has 0 spiro atoms. The fraction of sp³-hybridized carbons (Fsp3) is 0.500. The Morgan fingerprint density at radius 2 is 1.22 bits per heavy atom. The van der Waals surface area contributed by atoms with Gasteiger partial charge in [0.1, 0.15) is 0 Å². The van der Waals surface area contributed by atoms with Gasteiger partial charge >= 0.3 is 36.0 Å². The topological polar surface area (TPSA) is 12.4 Å². The van der Waals surface area contributed by atoms with E-state index in [1.165, 1.54) is 30.3 Å². The Hall–Kier alpha value is -1.95. The summed E-state index contributed by atoms with van der Waals surface area (Å²) in [5, 5.41) is 0. The SMILES string of the molecule is FC(F)C(F)(F)C(F)(F)C(F)(F)C(F)(F)C(F)(F)C=NCc1ccccc1. The number of halogens is 12. The first-order valence-corrected chi connectivity index (χ1v) is 6.74. The van der Waals surface area contributed by atoms with Crippen molar-refractivity contribution in [3.05, 3.63) is 35.9 Å². The molecule has 13 heteroatoms. The minimum Gasteiger partial charge on any atom is -0.286 e. The summed E-state index contributed by atoms with van der Waals surface area (Å²) < 4.78 is 155. The Bertz CT molecular complexity index is 653. The molecule has 0 unspecified atom stereocenters. The number of nitrogens with zero attached hydrogens (tertiary/aromatic N) is 1. The van der Waals surface area contributed by atoms with Crippen molar-refractivity contribution in [3.63, 3.8) is 0 Å². The molecule has 0 aliphatic heterocycles. The summed E-state index contributed by atoms with van der Waals surface area (Å²) in [5.41, 5.74) is 0.134. The van der Waals surface area contributed by atoms with Gasteiger partial charge in [-0.2, -0.15) is 43.9 Å². The van der Waals surface area contributed by atoms with Crippen LogP contribution in [-0.4, -0.2) is 42.3 Å². The van der Waals surface area contributed by atoms with Crippen LogP contribution in [0.4, 0.5) is 52.7 Å². The van der Waals surface area contributed by atoms with Crippen LogP contribution >= 0.6 is 0 Å². The lowest BCUT2D eigenvalue weighted by Crippen LogP contribution is -2.68. The van der Waals surface area contributed by atoms with E-state index in [1.54, 1.807) is 0 Å². The van der Waals surface area contributed by atoms with E-state index in [1.807, 2.05) is 0 Å². The molecule has 0 aliphatic carbocycles. The Kier molecular flexibility index (Phi) is 6.18. The Labute approximate surface area is 143 Å². The van der Waals surface area contributed by atoms with E-state index in [9.17, 15) is 52.7 Å². The van der Waals surface area contributed by atoms with E-state index in [0.717, 1.165) is 0 Å². The van der Waals surface area contributed by atoms with Crippen LogP contribution in [-0.2, 0) is 6.54 Å². The van der Waals surface area contributed by atoms with Crippen LogP contribution in [0.25, 0.3) is 0 Å². The standard InChI is InChI=1S/C14H9F12N/c15-9(16)11(19,20)13(23,24)14(25,26)12(21,22)10(17,18)7-27-6-8-4-2-1-3-5-8/h1-5,7,9H,6H2. The van der Waals surface area contributed by atoms with Crippen LogP contribution in [0.1, 0.15) is 5.56 Å². The first kappa shape index (κ1) is 23.1. The van der Waals surface area contributed by atoms with E-state index in [2.05, 4.69) is 4.99 Å². The molecule has 0 saturated heterocycles. The second-order valence-corrected chi connectivity index (χ2v) is 5.23. The third-order valence-corrected chi connectivity index (χ3v) is 3.27. The quantitative estimate of drug-likeness (QED) is 0.379. The molecule has 0 aromatic heterocycles. The molecule has 154 valence electrons. The molecule has 27 heavy (non-hydrogen) atoms. The molecule has 1 aromatic rings. The van der Waals surface area contributed by atoms with Gasteiger partial charge in [0.15, 0.2) is 0 Å². The van der Waals surface area contributed by atoms with Gasteiger partial charge in [0.05, 0.1) is 12.8 Å². The number of hydrogen-bond donors (Lipinski definition) is 0. The van der Waals surface area contributed by atoms with Crippen LogP contribution in [0.3, 0.4) is 0 Å². The molecule has 0 radical (unpaired) electrons. The Balaban J connectivity index is 3.20. The zero-order valence-electron chi connectivity index (χ0n) is 12.7. The summed E-state index contributed by atoms with van der Waals surface area (Å²) in [6, 6.07) is 6.75. The lowest BCUT2D eigenvalue weighted by Gasteiger charge is -2.38. The highest BCUT2D eigenvalue weighted by Gasteiger charge is 2.87. The summed E-state index contributed by atoms with van der Waals surface area (Å²) >= 11 is 0. The van der Waals surface area contributed by atoms with Crippen molar-refractivity contribution in [2.45, 2.75) is 42.6 Å². The predicted octanol–water partition coefficient (Wildman–Crippen LogP) is 5.70. The highest BCUT2D eigenvalue weighted by atomic mass is 19.4. The highest BCUT2D eigenvalue weighted by molar-refractivity contribution is 5.68. The second kappa shape index (κ2) is 7.23. The summed E-state index contributed by atoms with van der Waals surface area (Å²) in [7, 11) is 0. The van der Waals surface area contributed by atoms with Gasteiger partial charge < -0.3 is 0 Å². The number of benzene rings is 1. The van der Waals surface area contributed by atoms with Crippen LogP contribution in [0.5, 0.6) is 0 Å². The van der Waals surface area contributed by atoms with Crippen molar-refractivity contribution < 1.29 is 52.7 Å². The molecule has 0 amide bonds. The molecule has 1 nitrogen and oxygen atoms in total. The van der Waals surface area contributed by atoms with Crippen LogP contribution in [0, 0.1) is 0 Å². The average Bonchev–Trinajstić information content (AvgIpc) is 2.54. The zero-order chi connectivity index (χ0) is 21.3. The van der Waals surface area contributed by atoms with Gasteiger partial charge in [0.2, 0.25) is 0 Å². The molecule has 0 heterocycles.